The minimum Gasteiger partial charge on any atom is -0.337 e. The Kier molecular flexibility index (Phi) is 5.67. The van der Waals surface area contributed by atoms with Crippen molar-refractivity contribution in [2.45, 2.75) is 30.4 Å². The smallest absolute Gasteiger partial charge is 0.317 e. The van der Waals surface area contributed by atoms with Crippen molar-refractivity contribution >= 4 is 27.4 Å². The van der Waals surface area contributed by atoms with Gasteiger partial charge in [0.15, 0.2) is 0 Å². The summed E-state index contributed by atoms with van der Waals surface area (Å²) in [5.41, 5.74) is 0.230. The molecule has 2 aliphatic heterocycles. The van der Waals surface area contributed by atoms with Crippen molar-refractivity contribution in [1.29, 1.82) is 0 Å². The molecule has 1 atom stereocenters. The highest BCUT2D eigenvalue weighted by Crippen LogP contribution is 2.35. The van der Waals surface area contributed by atoms with Gasteiger partial charge in [-0.25, -0.2) is 17.9 Å². The summed E-state index contributed by atoms with van der Waals surface area (Å²) in [4.78, 5) is 15.2. The predicted octanol–water partition coefficient (Wildman–Crippen LogP) is 1.12. The van der Waals surface area contributed by atoms with Crippen molar-refractivity contribution in [2.24, 2.45) is 5.41 Å². The lowest BCUT2D eigenvalue weighted by molar-refractivity contribution is 0.118. The fraction of sp³-hybridized carbons (Fsp3) is 0.688. The fourth-order valence-corrected chi connectivity index (χ4v) is 5.98. The molecule has 3 rings (SSSR count). The van der Waals surface area contributed by atoms with E-state index in [2.05, 4.69) is 15.4 Å². The number of rotatable bonds is 5. The van der Waals surface area contributed by atoms with Gasteiger partial charge in [0, 0.05) is 43.0 Å². The third-order valence-electron chi connectivity index (χ3n) is 4.95. The highest BCUT2D eigenvalue weighted by molar-refractivity contribution is 7.91. The van der Waals surface area contributed by atoms with Crippen molar-refractivity contribution in [3.8, 4) is 0 Å². The zero-order chi connectivity index (χ0) is 17.9. The van der Waals surface area contributed by atoms with Crippen LogP contribution in [-0.2, 0) is 10.0 Å². The van der Waals surface area contributed by atoms with Crippen LogP contribution in [-0.4, -0.2) is 58.6 Å². The minimum atomic E-state index is -3.49. The van der Waals surface area contributed by atoms with E-state index in [1.807, 2.05) is 11.8 Å². The number of sulfonamides is 1. The van der Waals surface area contributed by atoms with Crippen molar-refractivity contribution in [1.82, 2.24) is 20.3 Å². The molecule has 25 heavy (non-hydrogen) atoms. The van der Waals surface area contributed by atoms with Gasteiger partial charge in [-0.3, -0.25) is 0 Å². The van der Waals surface area contributed by atoms with Gasteiger partial charge in [-0.1, -0.05) is 0 Å². The number of hydrogen-bond donors (Lipinski definition) is 3. The van der Waals surface area contributed by atoms with E-state index in [-0.39, 0.29) is 24.5 Å². The average Bonchev–Trinajstić information content (AvgIpc) is 3.21. The van der Waals surface area contributed by atoms with Gasteiger partial charge >= 0.3 is 6.03 Å². The first-order chi connectivity index (χ1) is 11.9. The van der Waals surface area contributed by atoms with Gasteiger partial charge in [-0.15, -0.1) is 11.3 Å². The highest BCUT2D eigenvalue weighted by Gasteiger charge is 2.39. The van der Waals surface area contributed by atoms with Crippen molar-refractivity contribution in [3.63, 3.8) is 0 Å². The molecule has 0 aromatic carbocycles. The Morgan fingerprint density at radius 3 is 2.88 bits per heavy atom. The summed E-state index contributed by atoms with van der Waals surface area (Å²) < 4.78 is 27.1. The van der Waals surface area contributed by atoms with Crippen LogP contribution >= 0.6 is 11.3 Å². The van der Waals surface area contributed by atoms with Crippen LogP contribution in [0.3, 0.4) is 0 Å². The van der Waals surface area contributed by atoms with Gasteiger partial charge in [0.05, 0.1) is 0 Å². The molecule has 0 bridgehead atoms. The summed E-state index contributed by atoms with van der Waals surface area (Å²) in [7, 11) is -3.49. The zero-order valence-corrected chi connectivity index (χ0v) is 16.1. The van der Waals surface area contributed by atoms with Gasteiger partial charge in [0.2, 0.25) is 10.0 Å². The molecule has 2 amide bonds. The van der Waals surface area contributed by atoms with E-state index in [0.717, 1.165) is 43.9 Å². The number of piperidine rings is 1. The maximum absolute atomic E-state index is 12.4. The monoisotopic (exact) mass is 386 g/mol. The van der Waals surface area contributed by atoms with E-state index >= 15 is 0 Å². The summed E-state index contributed by atoms with van der Waals surface area (Å²) >= 11 is 1.24. The number of amides is 2. The Balaban J connectivity index is 1.43. The van der Waals surface area contributed by atoms with Gasteiger partial charge in [-0.2, -0.15) is 0 Å². The Hall–Kier alpha value is -1.16. The molecule has 7 nitrogen and oxygen atoms in total. The Morgan fingerprint density at radius 1 is 1.36 bits per heavy atom. The van der Waals surface area contributed by atoms with Crippen molar-refractivity contribution in [2.75, 3.05) is 39.3 Å². The first kappa shape index (κ1) is 18.6. The molecule has 140 valence electrons. The summed E-state index contributed by atoms with van der Waals surface area (Å²) in [6.07, 6.45) is 3.32. The van der Waals surface area contributed by atoms with Crippen LogP contribution in [0.2, 0.25) is 0 Å². The fourth-order valence-electron chi connectivity index (χ4n) is 3.62. The number of hydrogen-bond acceptors (Lipinski definition) is 5. The Morgan fingerprint density at radius 2 is 2.20 bits per heavy atom. The molecule has 1 aromatic rings. The lowest BCUT2D eigenvalue weighted by atomic mass is 9.79. The summed E-state index contributed by atoms with van der Waals surface area (Å²) in [6, 6.07) is 3.28. The number of nitrogens with one attached hydrogen (secondary N) is 3. The predicted molar refractivity (Wildman–Crippen MR) is 98.4 cm³/mol. The number of likely N-dealkylation sites (tertiary alicyclic amines) is 1. The van der Waals surface area contributed by atoms with E-state index in [0.29, 0.717) is 4.21 Å². The molecule has 3 N–H and O–H groups in total. The van der Waals surface area contributed by atoms with Crippen LogP contribution in [0.5, 0.6) is 0 Å². The topological polar surface area (TPSA) is 90.5 Å². The quantitative estimate of drug-likeness (QED) is 0.662. The molecule has 2 saturated heterocycles. The van der Waals surface area contributed by atoms with Crippen LogP contribution in [0, 0.1) is 12.3 Å². The van der Waals surface area contributed by atoms with Gasteiger partial charge < -0.3 is 15.5 Å². The second-order valence-electron chi connectivity index (χ2n) is 6.95. The molecule has 1 unspecified atom stereocenters. The third-order valence-corrected chi connectivity index (χ3v) is 7.91. The average molecular weight is 387 g/mol. The molecule has 9 heteroatoms. The number of aryl methyl sites for hydroxylation is 1. The summed E-state index contributed by atoms with van der Waals surface area (Å²) in [6.45, 7) is 5.90. The summed E-state index contributed by atoms with van der Waals surface area (Å²) in [5, 5.41) is 6.23. The molecular weight excluding hydrogens is 360 g/mol. The number of carbonyl (C=O) groups excluding carboxylic acids is 1. The second-order valence-corrected chi connectivity index (χ2v) is 10.2. The first-order valence-corrected chi connectivity index (χ1v) is 11.0. The maximum Gasteiger partial charge on any atom is 0.317 e. The van der Waals surface area contributed by atoms with E-state index < -0.39 is 10.0 Å². The first-order valence-electron chi connectivity index (χ1n) is 8.70. The van der Waals surface area contributed by atoms with Gasteiger partial charge in [-0.05, 0) is 44.9 Å². The van der Waals surface area contributed by atoms with Crippen LogP contribution in [0.15, 0.2) is 16.3 Å². The molecule has 2 fully saturated rings. The van der Waals surface area contributed by atoms with Crippen molar-refractivity contribution < 1.29 is 13.2 Å². The third kappa shape index (κ3) is 4.52. The minimum absolute atomic E-state index is 0.0999. The lowest BCUT2D eigenvalue weighted by Gasteiger charge is -2.39. The van der Waals surface area contributed by atoms with Crippen LogP contribution < -0.4 is 15.4 Å². The van der Waals surface area contributed by atoms with E-state index in [9.17, 15) is 13.2 Å². The van der Waals surface area contributed by atoms with Crippen LogP contribution in [0.25, 0.3) is 0 Å². The van der Waals surface area contributed by atoms with E-state index in [4.69, 9.17) is 0 Å². The highest BCUT2D eigenvalue weighted by atomic mass is 32.2. The SMILES string of the molecule is Cc1ccc(S(=O)(=O)NCCNC(=O)N2CCCC3(CCNC3)C2)s1. The van der Waals surface area contributed by atoms with Crippen LogP contribution in [0.1, 0.15) is 24.1 Å². The Bertz CT molecular complexity index is 711. The zero-order valence-electron chi connectivity index (χ0n) is 14.5. The number of urea groups is 1. The molecule has 1 spiro atoms. The van der Waals surface area contributed by atoms with E-state index in [1.165, 1.54) is 17.8 Å². The van der Waals surface area contributed by atoms with Gasteiger partial charge in [0.1, 0.15) is 4.21 Å². The molecule has 0 saturated carbocycles. The molecular formula is C16H26N4O3S2. The molecule has 3 heterocycles. The molecule has 0 radical (unpaired) electrons. The van der Waals surface area contributed by atoms with Crippen LogP contribution in [0.4, 0.5) is 4.79 Å². The maximum atomic E-state index is 12.4. The number of nitrogens with zero attached hydrogens (tertiary/aromatic N) is 1. The molecule has 2 aliphatic rings. The number of carbonyl (C=O) groups is 1. The molecule has 1 aromatic heterocycles. The standard InChI is InChI=1S/C16H26N4O3S2/c1-13-3-4-14(24-13)25(22,23)19-9-8-18-15(21)20-10-2-5-16(12-20)6-7-17-11-16/h3-4,17,19H,2,5-12H2,1H3,(H,18,21). The number of thiophene rings is 1. The molecule has 0 aliphatic carbocycles. The van der Waals surface area contributed by atoms with Gasteiger partial charge in [0.25, 0.3) is 0 Å². The largest absolute Gasteiger partial charge is 0.337 e. The van der Waals surface area contributed by atoms with E-state index in [1.54, 1.807) is 12.1 Å². The lowest BCUT2D eigenvalue weighted by Crippen LogP contribution is -2.51. The van der Waals surface area contributed by atoms with Crippen molar-refractivity contribution in [3.05, 3.63) is 17.0 Å². The Labute approximate surface area is 153 Å². The summed E-state index contributed by atoms with van der Waals surface area (Å²) in [5.74, 6) is 0. The normalized spacial score (nSPS) is 24.0. The second kappa shape index (κ2) is 7.61.